The van der Waals surface area contributed by atoms with Gasteiger partial charge in [0.2, 0.25) is 11.8 Å². The number of nitrogens with zero attached hydrogens (tertiary/aromatic N) is 4. The van der Waals surface area contributed by atoms with Crippen LogP contribution in [0.2, 0.25) is 0 Å². The van der Waals surface area contributed by atoms with E-state index in [0.29, 0.717) is 45.0 Å². The first-order valence-corrected chi connectivity index (χ1v) is 15.9. The van der Waals surface area contributed by atoms with Crippen LogP contribution in [0.15, 0.2) is 42.5 Å². The number of rotatable bonds is 6. The Hall–Kier alpha value is -2.63. The van der Waals surface area contributed by atoms with Crippen LogP contribution in [0.1, 0.15) is 25.0 Å². The van der Waals surface area contributed by atoms with Gasteiger partial charge in [-0.3, -0.25) is 19.4 Å². The summed E-state index contributed by atoms with van der Waals surface area (Å²) in [5.74, 6) is 0.555. The molecule has 2 aliphatic heterocycles. The third kappa shape index (κ3) is 6.41. The summed E-state index contributed by atoms with van der Waals surface area (Å²) >= 11 is 5.77. The van der Waals surface area contributed by atoms with Crippen LogP contribution >= 0.6 is 32.9 Å². The molecule has 5 rings (SSSR count). The number of amides is 2. The highest BCUT2D eigenvalue weighted by Gasteiger charge is 2.24. The van der Waals surface area contributed by atoms with Crippen molar-refractivity contribution in [2.75, 3.05) is 52.4 Å². The fraction of sp³-hybridized carbons (Fsp3) is 0.414. The van der Waals surface area contributed by atoms with E-state index in [0.717, 1.165) is 62.7 Å². The van der Waals surface area contributed by atoms with Crippen LogP contribution in [0.4, 0.5) is 0 Å². The van der Waals surface area contributed by atoms with Gasteiger partial charge in [0.05, 0.1) is 4.88 Å². The minimum atomic E-state index is 0.110. The lowest BCUT2D eigenvalue weighted by Gasteiger charge is -2.35. The second kappa shape index (κ2) is 12.3. The maximum absolute atomic E-state index is 11.8. The smallest absolute Gasteiger partial charge is 0.219 e. The average molecular weight is 583 g/mol. The molecule has 0 radical (unpaired) electrons. The second-order valence-electron chi connectivity index (χ2n) is 10.2. The molecule has 2 fully saturated rings. The van der Waals surface area contributed by atoms with E-state index in [2.05, 4.69) is 34.1 Å². The zero-order chi connectivity index (χ0) is 27.5. The van der Waals surface area contributed by atoms with Crippen LogP contribution in [-0.2, 0) is 22.7 Å². The molecular formula is C29H34N4O3S3. The quantitative estimate of drug-likeness (QED) is 0.329. The molecule has 0 atom stereocenters. The summed E-state index contributed by atoms with van der Waals surface area (Å²) in [6.45, 7) is 10.4. The fourth-order valence-corrected chi connectivity index (χ4v) is 8.26. The lowest BCUT2D eigenvalue weighted by atomic mass is 9.98. The molecule has 0 saturated carbocycles. The normalized spacial score (nSPS) is 17.0. The zero-order valence-corrected chi connectivity index (χ0v) is 24.8. The van der Waals surface area contributed by atoms with E-state index >= 15 is 0 Å². The van der Waals surface area contributed by atoms with Crippen LogP contribution in [0.5, 0.6) is 5.75 Å². The first-order valence-electron chi connectivity index (χ1n) is 13.3. The van der Waals surface area contributed by atoms with Gasteiger partial charge in [-0.1, -0.05) is 63.2 Å². The second-order valence-corrected chi connectivity index (χ2v) is 13.0. The fourth-order valence-electron chi connectivity index (χ4n) is 5.36. The number of hydrogen-bond acceptors (Lipinski definition) is 8. The van der Waals surface area contributed by atoms with E-state index < -0.39 is 0 Å². The first-order chi connectivity index (χ1) is 18.8. The molecule has 0 unspecified atom stereocenters. The third-order valence-corrected chi connectivity index (χ3v) is 10.7. The summed E-state index contributed by atoms with van der Waals surface area (Å²) < 4.78 is 0.873. The molecular weight excluding hydrogens is 549 g/mol. The summed E-state index contributed by atoms with van der Waals surface area (Å²) in [5, 5.41) is 11.5. The predicted molar refractivity (Wildman–Crippen MR) is 161 cm³/mol. The van der Waals surface area contributed by atoms with Gasteiger partial charge in [-0.15, -0.1) is 0 Å². The van der Waals surface area contributed by atoms with Crippen molar-refractivity contribution in [1.29, 1.82) is 0 Å². The number of carbonyl (C=O) groups is 2. The summed E-state index contributed by atoms with van der Waals surface area (Å²) in [4.78, 5) is 33.1. The summed E-state index contributed by atoms with van der Waals surface area (Å²) in [6.07, 6.45) is 0. The van der Waals surface area contributed by atoms with Gasteiger partial charge in [0.25, 0.3) is 0 Å². The zero-order valence-electron chi connectivity index (χ0n) is 22.4. The van der Waals surface area contributed by atoms with E-state index in [1.54, 1.807) is 34.5 Å². The molecule has 3 aromatic rings. The van der Waals surface area contributed by atoms with Gasteiger partial charge >= 0.3 is 0 Å². The molecule has 39 heavy (non-hydrogen) atoms. The average Bonchev–Trinajstić information content (AvgIpc) is 3.33. The minimum Gasteiger partial charge on any atom is -0.507 e. The Labute approximate surface area is 242 Å². The highest BCUT2D eigenvalue weighted by atomic mass is 32.9. The molecule has 2 aromatic carbocycles. The van der Waals surface area contributed by atoms with Crippen molar-refractivity contribution in [3.8, 4) is 27.3 Å². The molecule has 1 aromatic heterocycles. The van der Waals surface area contributed by atoms with E-state index in [-0.39, 0.29) is 11.8 Å². The molecule has 3 heterocycles. The number of piperazine rings is 2. The Morgan fingerprint density at radius 1 is 0.769 bits per heavy atom. The predicted octanol–water partition coefficient (Wildman–Crippen LogP) is 4.91. The SMILES string of the molecule is CC(=O)N1CCN(Cc2cc(-c3ssc(=S)c3-c3ccccc3)cc(CN3CCN(C(C)=O)CC3)c2O)CC1. The number of phenols is 1. The van der Waals surface area contributed by atoms with Gasteiger partial charge < -0.3 is 14.9 Å². The van der Waals surface area contributed by atoms with E-state index in [1.165, 1.54) is 0 Å². The number of benzene rings is 2. The summed E-state index contributed by atoms with van der Waals surface area (Å²) in [6, 6.07) is 14.5. The topological polar surface area (TPSA) is 67.3 Å². The molecule has 0 spiro atoms. The Kier molecular flexibility index (Phi) is 8.78. The summed E-state index contributed by atoms with van der Waals surface area (Å²) in [7, 11) is 3.30. The van der Waals surface area contributed by atoms with Gasteiger partial charge in [-0.05, 0) is 23.3 Å². The standard InChI is InChI=1S/C29H34N4O3S3/c1-20(34)32-12-8-30(9-13-32)18-24-16-23(28-26(29(37)39-38-28)22-6-4-3-5-7-22)17-25(27(24)36)19-31-10-14-33(15-11-31)21(2)35/h3-7,16-17,36H,8-15,18-19H2,1-2H3. The lowest BCUT2D eigenvalue weighted by molar-refractivity contribution is -0.131. The van der Waals surface area contributed by atoms with Crippen molar-refractivity contribution in [3.63, 3.8) is 0 Å². The van der Waals surface area contributed by atoms with Crippen molar-refractivity contribution < 1.29 is 14.7 Å². The first kappa shape index (κ1) is 27.9. The number of hydrogen-bond donors (Lipinski definition) is 1. The van der Waals surface area contributed by atoms with Crippen LogP contribution < -0.4 is 0 Å². The van der Waals surface area contributed by atoms with Crippen LogP contribution in [0.25, 0.3) is 21.6 Å². The molecule has 10 heteroatoms. The van der Waals surface area contributed by atoms with E-state index in [4.69, 9.17) is 12.2 Å². The minimum absolute atomic E-state index is 0.110. The lowest BCUT2D eigenvalue weighted by Crippen LogP contribution is -2.47. The van der Waals surface area contributed by atoms with Crippen molar-refractivity contribution in [3.05, 3.63) is 57.4 Å². The largest absolute Gasteiger partial charge is 0.507 e. The van der Waals surface area contributed by atoms with E-state index in [9.17, 15) is 14.7 Å². The maximum atomic E-state index is 11.8. The van der Waals surface area contributed by atoms with Crippen LogP contribution in [-0.4, -0.2) is 88.9 Å². The van der Waals surface area contributed by atoms with Gasteiger partial charge in [0.1, 0.15) is 9.57 Å². The number of carbonyl (C=O) groups excluding carboxylic acids is 2. The molecule has 2 saturated heterocycles. The Morgan fingerprint density at radius 2 is 1.26 bits per heavy atom. The highest BCUT2D eigenvalue weighted by molar-refractivity contribution is 7.80. The summed E-state index contributed by atoms with van der Waals surface area (Å²) in [5.41, 5.74) is 5.04. The Morgan fingerprint density at radius 3 is 1.72 bits per heavy atom. The Bertz CT molecular complexity index is 1330. The van der Waals surface area contributed by atoms with Gasteiger partial charge in [0.15, 0.2) is 0 Å². The monoisotopic (exact) mass is 582 g/mol. The molecule has 2 aliphatic rings. The highest BCUT2D eigenvalue weighted by Crippen LogP contribution is 2.43. The van der Waals surface area contributed by atoms with Crippen molar-refractivity contribution in [2.24, 2.45) is 0 Å². The number of aromatic hydroxyl groups is 1. The van der Waals surface area contributed by atoms with E-state index in [1.807, 2.05) is 28.0 Å². The van der Waals surface area contributed by atoms with Gasteiger partial charge in [-0.25, -0.2) is 0 Å². The van der Waals surface area contributed by atoms with Crippen molar-refractivity contribution in [1.82, 2.24) is 19.6 Å². The Balaban J connectivity index is 1.48. The van der Waals surface area contributed by atoms with Crippen LogP contribution in [0.3, 0.4) is 0 Å². The maximum Gasteiger partial charge on any atom is 0.219 e. The molecule has 2 amide bonds. The molecule has 206 valence electrons. The van der Waals surface area contributed by atoms with Crippen molar-refractivity contribution in [2.45, 2.75) is 26.9 Å². The van der Waals surface area contributed by atoms with Gasteiger partial charge in [0, 0.05) is 96.0 Å². The van der Waals surface area contributed by atoms with Gasteiger partial charge in [-0.2, -0.15) is 0 Å². The molecule has 0 aliphatic carbocycles. The molecule has 0 bridgehead atoms. The molecule has 7 nitrogen and oxygen atoms in total. The molecule has 1 N–H and O–H groups in total. The third-order valence-electron chi connectivity index (χ3n) is 7.65. The number of phenolic OH excluding ortho intramolecular Hbond substituents is 1. The van der Waals surface area contributed by atoms with Crippen molar-refractivity contribution >= 4 is 44.7 Å². The van der Waals surface area contributed by atoms with Crippen LogP contribution in [0, 0.1) is 3.82 Å².